The van der Waals surface area contributed by atoms with Gasteiger partial charge in [0.05, 0.1) is 18.0 Å². The second-order valence-corrected chi connectivity index (χ2v) is 2.90. The van der Waals surface area contributed by atoms with Gasteiger partial charge in [-0.05, 0) is 18.2 Å². The Bertz CT molecular complexity index is 575. The van der Waals surface area contributed by atoms with Gasteiger partial charge in [-0.3, -0.25) is 0 Å². The van der Waals surface area contributed by atoms with Crippen LogP contribution in [-0.4, -0.2) is 9.94 Å². The van der Waals surface area contributed by atoms with Crippen molar-refractivity contribution < 1.29 is 4.84 Å². The largest absolute Gasteiger partial charge is 0.357 e. The van der Waals surface area contributed by atoms with Gasteiger partial charge in [-0.25, -0.2) is 0 Å². The zero-order valence-electron chi connectivity index (χ0n) is 8.16. The molecule has 0 aliphatic rings. The summed E-state index contributed by atoms with van der Waals surface area (Å²) in [6, 6.07) is 10.4. The maximum Gasteiger partial charge on any atom is 0.176 e. The highest BCUT2D eigenvalue weighted by Crippen LogP contribution is 2.21. The second kappa shape index (κ2) is 4.16. The van der Waals surface area contributed by atoms with Crippen molar-refractivity contribution in [2.45, 2.75) is 0 Å². The average Bonchev–Trinajstić information content (AvgIpc) is 2.81. The van der Waals surface area contributed by atoms with Crippen molar-refractivity contribution in [2.75, 3.05) is 0 Å². The lowest BCUT2D eigenvalue weighted by Crippen LogP contribution is -2.06. The molecule has 0 fully saturated rings. The SMILES string of the molecule is N#Cc1cccc(On2cccn2)c1C#N. The molecule has 0 aliphatic carbocycles. The number of nitriles is 2. The van der Waals surface area contributed by atoms with Crippen LogP contribution < -0.4 is 4.84 Å². The zero-order valence-corrected chi connectivity index (χ0v) is 8.16. The van der Waals surface area contributed by atoms with Crippen molar-refractivity contribution >= 4 is 0 Å². The summed E-state index contributed by atoms with van der Waals surface area (Å²) < 4.78 is 0. The predicted molar refractivity (Wildman–Crippen MR) is 54.1 cm³/mol. The Kier molecular flexibility index (Phi) is 2.53. The van der Waals surface area contributed by atoms with Gasteiger partial charge in [-0.15, -0.1) is 9.94 Å². The molecule has 1 aromatic carbocycles. The Labute approximate surface area is 91.7 Å². The number of rotatable bonds is 2. The molecule has 0 atom stereocenters. The summed E-state index contributed by atoms with van der Waals surface area (Å²) in [5.41, 5.74) is 0.493. The van der Waals surface area contributed by atoms with Crippen LogP contribution in [0.25, 0.3) is 0 Å². The Balaban J connectivity index is 2.43. The van der Waals surface area contributed by atoms with E-state index in [2.05, 4.69) is 5.10 Å². The molecular formula is C11H6N4O. The molecule has 2 aromatic rings. The zero-order chi connectivity index (χ0) is 11.4. The fourth-order valence-corrected chi connectivity index (χ4v) is 1.23. The fraction of sp³-hybridized carbons (Fsp3) is 0. The molecule has 1 aromatic heterocycles. The van der Waals surface area contributed by atoms with E-state index in [1.165, 1.54) is 4.85 Å². The second-order valence-electron chi connectivity index (χ2n) is 2.90. The van der Waals surface area contributed by atoms with E-state index < -0.39 is 0 Å². The van der Waals surface area contributed by atoms with Crippen LogP contribution in [0.3, 0.4) is 0 Å². The third-order valence-corrected chi connectivity index (χ3v) is 1.93. The van der Waals surface area contributed by atoms with E-state index in [0.29, 0.717) is 5.75 Å². The Morgan fingerprint density at radius 2 is 2.06 bits per heavy atom. The minimum Gasteiger partial charge on any atom is -0.357 e. The molecule has 0 radical (unpaired) electrons. The monoisotopic (exact) mass is 210 g/mol. The standard InChI is InChI=1S/C11H6N4O/c12-7-9-3-1-4-11(10(9)8-13)16-15-6-2-5-14-15/h1-6H. The number of benzene rings is 1. The van der Waals surface area contributed by atoms with Crippen molar-refractivity contribution in [3.63, 3.8) is 0 Å². The molecule has 5 heteroatoms. The molecular weight excluding hydrogens is 204 g/mol. The quantitative estimate of drug-likeness (QED) is 0.752. The topological polar surface area (TPSA) is 74.6 Å². The van der Waals surface area contributed by atoms with Crippen molar-refractivity contribution in [1.82, 2.24) is 9.94 Å². The van der Waals surface area contributed by atoms with Crippen LogP contribution in [0.15, 0.2) is 36.7 Å². The smallest absolute Gasteiger partial charge is 0.176 e. The van der Waals surface area contributed by atoms with Crippen LogP contribution in [0.4, 0.5) is 0 Å². The maximum atomic E-state index is 8.95. The molecule has 0 bridgehead atoms. The highest BCUT2D eigenvalue weighted by molar-refractivity contribution is 5.53. The van der Waals surface area contributed by atoms with E-state index >= 15 is 0 Å². The summed E-state index contributed by atoms with van der Waals surface area (Å²) in [5, 5.41) is 21.6. The Morgan fingerprint density at radius 3 is 2.69 bits per heavy atom. The van der Waals surface area contributed by atoms with Gasteiger partial charge in [0.1, 0.15) is 17.7 Å². The van der Waals surface area contributed by atoms with Gasteiger partial charge in [0.2, 0.25) is 0 Å². The number of hydrogen-bond donors (Lipinski definition) is 0. The maximum absolute atomic E-state index is 8.95. The number of aromatic nitrogens is 2. The molecule has 0 saturated carbocycles. The van der Waals surface area contributed by atoms with Gasteiger partial charge in [-0.1, -0.05) is 6.07 Å². The third-order valence-electron chi connectivity index (χ3n) is 1.93. The first kappa shape index (κ1) is 9.75. The summed E-state index contributed by atoms with van der Waals surface area (Å²) in [6.45, 7) is 0. The number of nitrogens with zero attached hydrogens (tertiary/aromatic N) is 4. The molecule has 0 amide bonds. The van der Waals surface area contributed by atoms with Crippen molar-refractivity contribution in [3.05, 3.63) is 47.8 Å². The molecule has 0 spiro atoms. The third kappa shape index (κ3) is 1.70. The summed E-state index contributed by atoms with van der Waals surface area (Å²) in [5.74, 6) is 0.310. The van der Waals surface area contributed by atoms with Gasteiger partial charge >= 0.3 is 0 Å². The Hall–Kier alpha value is -2.79. The normalized spacial score (nSPS) is 9.12. The average molecular weight is 210 g/mol. The van der Waals surface area contributed by atoms with E-state index in [-0.39, 0.29) is 11.1 Å². The van der Waals surface area contributed by atoms with E-state index in [1.54, 1.807) is 36.7 Å². The molecule has 0 N–H and O–H groups in total. The van der Waals surface area contributed by atoms with Crippen LogP contribution in [-0.2, 0) is 0 Å². The lowest BCUT2D eigenvalue weighted by Gasteiger charge is -2.06. The molecule has 16 heavy (non-hydrogen) atoms. The molecule has 0 saturated heterocycles. The highest BCUT2D eigenvalue weighted by atomic mass is 16.7. The van der Waals surface area contributed by atoms with E-state index in [0.717, 1.165) is 0 Å². The van der Waals surface area contributed by atoms with Crippen LogP contribution in [0.5, 0.6) is 5.75 Å². The van der Waals surface area contributed by atoms with Gasteiger partial charge in [0.15, 0.2) is 5.75 Å². The van der Waals surface area contributed by atoms with Crippen molar-refractivity contribution in [3.8, 4) is 17.9 Å². The van der Waals surface area contributed by atoms with Crippen molar-refractivity contribution in [2.24, 2.45) is 0 Å². The molecule has 1 heterocycles. The van der Waals surface area contributed by atoms with Crippen LogP contribution in [0.2, 0.25) is 0 Å². The minimum atomic E-state index is 0.209. The first-order valence-corrected chi connectivity index (χ1v) is 4.46. The van der Waals surface area contributed by atoms with Crippen LogP contribution in [0.1, 0.15) is 11.1 Å². The van der Waals surface area contributed by atoms with Crippen molar-refractivity contribution in [1.29, 1.82) is 10.5 Å². The van der Waals surface area contributed by atoms with Gasteiger partial charge < -0.3 is 4.84 Å². The summed E-state index contributed by atoms with van der Waals surface area (Å²) in [6.07, 6.45) is 3.15. The van der Waals surface area contributed by atoms with Crippen LogP contribution >= 0.6 is 0 Å². The summed E-state index contributed by atoms with van der Waals surface area (Å²) in [4.78, 5) is 6.53. The molecule has 5 nitrogen and oxygen atoms in total. The lowest BCUT2D eigenvalue weighted by molar-refractivity contribution is 0.178. The molecule has 0 aliphatic heterocycles. The molecule has 0 unspecified atom stereocenters. The van der Waals surface area contributed by atoms with E-state index in [1.807, 2.05) is 12.1 Å². The van der Waals surface area contributed by atoms with Gasteiger partial charge in [0.25, 0.3) is 0 Å². The first-order chi connectivity index (χ1) is 7.85. The molecule has 2 rings (SSSR count). The summed E-state index contributed by atoms with van der Waals surface area (Å²) in [7, 11) is 0. The Morgan fingerprint density at radius 1 is 1.19 bits per heavy atom. The summed E-state index contributed by atoms with van der Waals surface area (Å²) >= 11 is 0. The number of hydrogen-bond acceptors (Lipinski definition) is 4. The van der Waals surface area contributed by atoms with Gasteiger partial charge in [0, 0.05) is 0 Å². The van der Waals surface area contributed by atoms with Crippen LogP contribution in [0, 0.1) is 22.7 Å². The molecule has 76 valence electrons. The van der Waals surface area contributed by atoms with Gasteiger partial charge in [-0.2, -0.15) is 10.5 Å². The first-order valence-electron chi connectivity index (χ1n) is 4.46. The lowest BCUT2D eigenvalue weighted by atomic mass is 10.1. The van der Waals surface area contributed by atoms with E-state index in [4.69, 9.17) is 15.4 Å². The highest BCUT2D eigenvalue weighted by Gasteiger charge is 2.09. The predicted octanol–water partition coefficient (Wildman–Crippen LogP) is 1.47. The minimum absolute atomic E-state index is 0.209. The van der Waals surface area contributed by atoms with E-state index in [9.17, 15) is 0 Å². The fourth-order valence-electron chi connectivity index (χ4n) is 1.23.